The van der Waals surface area contributed by atoms with Gasteiger partial charge in [-0.2, -0.15) is 0 Å². The maximum absolute atomic E-state index is 13.3. The predicted molar refractivity (Wildman–Crippen MR) is 68.8 cm³/mol. The molecule has 0 bridgehead atoms. The van der Waals surface area contributed by atoms with Crippen LogP contribution in [0, 0.1) is 21.8 Å². The van der Waals surface area contributed by atoms with E-state index >= 15 is 0 Å². The highest BCUT2D eigenvalue weighted by molar-refractivity contribution is 5.94. The van der Waals surface area contributed by atoms with E-state index in [0.717, 1.165) is 18.2 Å². The van der Waals surface area contributed by atoms with Gasteiger partial charge in [0.15, 0.2) is 0 Å². The van der Waals surface area contributed by atoms with Crippen molar-refractivity contribution in [1.29, 1.82) is 0 Å². The van der Waals surface area contributed by atoms with Crippen LogP contribution in [0.4, 0.5) is 10.1 Å². The Morgan fingerprint density at radius 1 is 1.40 bits per heavy atom. The lowest BCUT2D eigenvalue weighted by Gasteiger charge is -2.31. The minimum Gasteiger partial charge on any atom is -0.396 e. The predicted octanol–water partition coefficient (Wildman–Crippen LogP) is 1.58. The fourth-order valence-electron chi connectivity index (χ4n) is 2.30. The van der Waals surface area contributed by atoms with E-state index in [0.29, 0.717) is 25.9 Å². The molecule has 1 saturated heterocycles. The average Bonchev–Trinajstić information content (AvgIpc) is 2.46. The highest BCUT2D eigenvalue weighted by Gasteiger charge is 2.24. The molecule has 1 fully saturated rings. The SMILES string of the molecule is O=C(c1cc(F)cc([N+](=O)[O-])c1)N1CCC(CO)CC1. The number of nitrogens with zero attached hydrogens (tertiary/aromatic N) is 2. The van der Waals surface area contributed by atoms with E-state index < -0.39 is 22.3 Å². The van der Waals surface area contributed by atoms with Gasteiger partial charge in [-0.1, -0.05) is 0 Å². The molecule has 0 atom stereocenters. The number of carbonyl (C=O) groups excluding carboxylic acids is 1. The molecule has 20 heavy (non-hydrogen) atoms. The number of hydrogen-bond donors (Lipinski definition) is 1. The molecule has 1 aliphatic heterocycles. The lowest BCUT2D eigenvalue weighted by Crippen LogP contribution is -2.39. The summed E-state index contributed by atoms with van der Waals surface area (Å²) in [5.41, 5.74) is -0.447. The number of nitro groups is 1. The van der Waals surface area contributed by atoms with E-state index in [4.69, 9.17) is 5.11 Å². The second-order valence-electron chi connectivity index (χ2n) is 4.87. The van der Waals surface area contributed by atoms with Gasteiger partial charge in [0, 0.05) is 31.3 Å². The molecule has 1 N–H and O–H groups in total. The van der Waals surface area contributed by atoms with Gasteiger partial charge in [-0.25, -0.2) is 4.39 Å². The van der Waals surface area contributed by atoms with Gasteiger partial charge in [0.25, 0.3) is 11.6 Å². The number of rotatable bonds is 3. The Bertz CT molecular complexity index is 527. The fraction of sp³-hybridized carbons (Fsp3) is 0.462. The molecule has 1 aliphatic rings. The highest BCUT2D eigenvalue weighted by Crippen LogP contribution is 2.21. The number of non-ortho nitro benzene ring substituents is 1. The van der Waals surface area contributed by atoms with Crippen LogP contribution in [0.3, 0.4) is 0 Å². The zero-order valence-electron chi connectivity index (χ0n) is 10.8. The standard InChI is InChI=1S/C13H15FN2O4/c14-11-5-10(6-12(7-11)16(19)20)13(18)15-3-1-9(8-17)2-4-15/h5-7,9,17H,1-4,8H2. The number of benzene rings is 1. The van der Waals surface area contributed by atoms with Gasteiger partial charge in [-0.15, -0.1) is 0 Å². The average molecular weight is 282 g/mol. The second kappa shape index (κ2) is 5.96. The normalized spacial score (nSPS) is 16.2. The summed E-state index contributed by atoms with van der Waals surface area (Å²) in [5, 5.41) is 19.7. The monoisotopic (exact) mass is 282 g/mol. The maximum atomic E-state index is 13.3. The number of halogens is 1. The van der Waals surface area contributed by atoms with E-state index in [1.54, 1.807) is 0 Å². The van der Waals surface area contributed by atoms with Crippen molar-refractivity contribution < 1.29 is 19.2 Å². The topological polar surface area (TPSA) is 83.7 Å². The zero-order valence-corrected chi connectivity index (χ0v) is 10.8. The number of carbonyl (C=O) groups is 1. The Kier molecular flexibility index (Phi) is 4.29. The fourth-order valence-corrected chi connectivity index (χ4v) is 2.30. The second-order valence-corrected chi connectivity index (χ2v) is 4.87. The summed E-state index contributed by atoms with van der Waals surface area (Å²) in [7, 11) is 0. The summed E-state index contributed by atoms with van der Waals surface area (Å²) in [6, 6.07) is 2.88. The van der Waals surface area contributed by atoms with E-state index in [-0.39, 0.29) is 18.1 Å². The van der Waals surface area contributed by atoms with E-state index in [1.807, 2.05) is 0 Å². The van der Waals surface area contributed by atoms with Crippen molar-refractivity contribution in [2.45, 2.75) is 12.8 Å². The molecule has 0 radical (unpaired) electrons. The van der Waals surface area contributed by atoms with Crippen LogP contribution in [0.15, 0.2) is 18.2 Å². The number of aliphatic hydroxyl groups is 1. The molecule has 0 aromatic heterocycles. The summed E-state index contributed by atoms with van der Waals surface area (Å²) >= 11 is 0. The van der Waals surface area contributed by atoms with Gasteiger partial charge in [0.1, 0.15) is 5.82 Å². The molecule has 0 unspecified atom stereocenters. The first kappa shape index (κ1) is 14.4. The lowest BCUT2D eigenvalue weighted by molar-refractivity contribution is -0.385. The molecule has 1 heterocycles. The largest absolute Gasteiger partial charge is 0.396 e. The molecule has 1 aromatic carbocycles. The van der Waals surface area contributed by atoms with Crippen molar-refractivity contribution in [3.63, 3.8) is 0 Å². The number of hydrogen-bond acceptors (Lipinski definition) is 4. The van der Waals surface area contributed by atoms with Crippen molar-refractivity contribution in [1.82, 2.24) is 4.90 Å². The van der Waals surface area contributed by atoms with Crippen LogP contribution < -0.4 is 0 Å². The van der Waals surface area contributed by atoms with Gasteiger partial charge >= 0.3 is 0 Å². The molecule has 0 saturated carbocycles. The number of nitro benzene ring substituents is 1. The van der Waals surface area contributed by atoms with Crippen LogP contribution in [-0.4, -0.2) is 40.5 Å². The molecule has 0 aliphatic carbocycles. The van der Waals surface area contributed by atoms with Gasteiger partial charge in [-0.3, -0.25) is 14.9 Å². The van der Waals surface area contributed by atoms with E-state index in [1.165, 1.54) is 4.90 Å². The van der Waals surface area contributed by atoms with Crippen molar-refractivity contribution in [2.24, 2.45) is 5.92 Å². The summed E-state index contributed by atoms with van der Waals surface area (Å²) in [5.74, 6) is -1.03. The van der Waals surface area contributed by atoms with Crippen LogP contribution in [0.5, 0.6) is 0 Å². The summed E-state index contributed by atoms with van der Waals surface area (Å²) < 4.78 is 13.3. The van der Waals surface area contributed by atoms with Gasteiger partial charge in [-0.05, 0) is 24.8 Å². The molecule has 7 heteroatoms. The zero-order chi connectivity index (χ0) is 14.7. The minimum atomic E-state index is -0.798. The van der Waals surface area contributed by atoms with Crippen LogP contribution in [0.2, 0.25) is 0 Å². The molecular weight excluding hydrogens is 267 g/mol. The Labute approximate surface area is 115 Å². The van der Waals surface area contributed by atoms with Gasteiger partial charge < -0.3 is 10.0 Å². The van der Waals surface area contributed by atoms with Gasteiger partial charge in [0.05, 0.1) is 11.0 Å². The van der Waals surface area contributed by atoms with E-state index in [2.05, 4.69) is 0 Å². The third-order valence-corrected chi connectivity index (χ3v) is 3.50. The molecule has 0 spiro atoms. The molecule has 1 amide bonds. The molecular formula is C13H15FN2O4. The van der Waals surface area contributed by atoms with Gasteiger partial charge in [0.2, 0.25) is 0 Å². The quantitative estimate of drug-likeness (QED) is 0.674. The van der Waals surface area contributed by atoms with Crippen LogP contribution >= 0.6 is 0 Å². The molecule has 108 valence electrons. The number of amides is 1. The minimum absolute atomic E-state index is 0.0147. The van der Waals surface area contributed by atoms with Crippen LogP contribution in [-0.2, 0) is 0 Å². The first-order valence-corrected chi connectivity index (χ1v) is 6.36. The number of aliphatic hydroxyl groups excluding tert-OH is 1. The van der Waals surface area contributed by atoms with E-state index in [9.17, 15) is 19.3 Å². The summed E-state index contributed by atoms with van der Waals surface area (Å²) in [6.07, 6.45) is 1.36. The Hall–Kier alpha value is -2.02. The Morgan fingerprint density at radius 2 is 2.05 bits per heavy atom. The maximum Gasteiger partial charge on any atom is 0.273 e. The third kappa shape index (κ3) is 3.11. The third-order valence-electron chi connectivity index (χ3n) is 3.50. The first-order valence-electron chi connectivity index (χ1n) is 6.36. The van der Waals surface area contributed by atoms with Crippen LogP contribution in [0.25, 0.3) is 0 Å². The number of likely N-dealkylation sites (tertiary alicyclic amines) is 1. The molecule has 2 rings (SSSR count). The number of piperidine rings is 1. The molecule has 6 nitrogen and oxygen atoms in total. The first-order chi connectivity index (χ1) is 9.51. The molecule has 1 aromatic rings. The van der Waals surface area contributed by atoms with Crippen molar-refractivity contribution >= 4 is 11.6 Å². The lowest BCUT2D eigenvalue weighted by atomic mass is 9.97. The van der Waals surface area contributed by atoms with Crippen LogP contribution in [0.1, 0.15) is 23.2 Å². The van der Waals surface area contributed by atoms with Crippen molar-refractivity contribution in [3.8, 4) is 0 Å². The Balaban J connectivity index is 2.15. The highest BCUT2D eigenvalue weighted by atomic mass is 19.1. The van der Waals surface area contributed by atoms with Crippen molar-refractivity contribution in [2.75, 3.05) is 19.7 Å². The smallest absolute Gasteiger partial charge is 0.273 e. The summed E-state index contributed by atoms with van der Waals surface area (Å²) in [4.78, 5) is 23.7. The summed E-state index contributed by atoms with van der Waals surface area (Å²) in [6.45, 7) is 1.02. The van der Waals surface area contributed by atoms with Crippen molar-refractivity contribution in [3.05, 3.63) is 39.7 Å². The Morgan fingerprint density at radius 3 is 2.60 bits per heavy atom.